The van der Waals surface area contributed by atoms with Crippen molar-refractivity contribution in [3.8, 4) is 5.75 Å². The maximum Gasteiger partial charge on any atom is 0.270 e. The Morgan fingerprint density at radius 2 is 1.81 bits per heavy atom. The molecule has 1 saturated heterocycles. The number of methoxy groups -OCH3 is 1. The number of nitro benzene ring substituents is 1. The molecule has 0 bridgehead atoms. The number of nitro groups is 1. The first kappa shape index (κ1) is 22.7. The SMILES string of the molecule is COc1ccc(S(=O)(=O)N2CCN(CCNC(=O)c3cccc([N+](=O)[O-])c3)CC2)cc1. The number of hydrogen-bond donors (Lipinski definition) is 1. The van der Waals surface area contributed by atoms with Crippen molar-refractivity contribution in [3.63, 3.8) is 0 Å². The molecule has 1 fully saturated rings. The summed E-state index contributed by atoms with van der Waals surface area (Å²) in [5.41, 5.74) is 0.0893. The lowest BCUT2D eigenvalue weighted by Crippen LogP contribution is -2.50. The molecule has 1 amide bonds. The van der Waals surface area contributed by atoms with Crippen molar-refractivity contribution in [1.29, 1.82) is 0 Å². The second-order valence-corrected chi connectivity index (χ2v) is 8.92. The third-order valence-electron chi connectivity index (χ3n) is 5.06. The topological polar surface area (TPSA) is 122 Å². The molecular weight excluding hydrogens is 424 g/mol. The number of non-ortho nitro benzene ring substituents is 1. The molecule has 0 aliphatic carbocycles. The maximum atomic E-state index is 12.8. The van der Waals surface area contributed by atoms with Crippen LogP contribution in [0.2, 0.25) is 0 Å². The second kappa shape index (κ2) is 9.86. The van der Waals surface area contributed by atoms with Gasteiger partial charge in [-0.15, -0.1) is 0 Å². The van der Waals surface area contributed by atoms with E-state index in [-0.39, 0.29) is 22.1 Å². The van der Waals surface area contributed by atoms with Crippen LogP contribution in [0.25, 0.3) is 0 Å². The van der Waals surface area contributed by atoms with Crippen molar-refractivity contribution in [1.82, 2.24) is 14.5 Å². The van der Waals surface area contributed by atoms with Crippen LogP contribution in [0.3, 0.4) is 0 Å². The van der Waals surface area contributed by atoms with Gasteiger partial charge >= 0.3 is 0 Å². The monoisotopic (exact) mass is 448 g/mol. The summed E-state index contributed by atoms with van der Waals surface area (Å²) in [6, 6.07) is 11.9. The third-order valence-corrected chi connectivity index (χ3v) is 6.97. The van der Waals surface area contributed by atoms with Gasteiger partial charge in [-0.3, -0.25) is 19.8 Å². The van der Waals surface area contributed by atoms with Gasteiger partial charge in [-0.1, -0.05) is 6.07 Å². The van der Waals surface area contributed by atoms with Gasteiger partial charge in [-0.2, -0.15) is 4.31 Å². The molecule has 0 atom stereocenters. The Morgan fingerprint density at radius 1 is 1.13 bits per heavy atom. The third kappa shape index (κ3) is 5.57. The van der Waals surface area contributed by atoms with Crippen LogP contribution in [-0.2, 0) is 10.0 Å². The minimum atomic E-state index is -3.57. The number of ether oxygens (including phenoxy) is 1. The summed E-state index contributed by atoms with van der Waals surface area (Å²) in [5, 5.41) is 13.6. The first-order valence-corrected chi connectivity index (χ1v) is 11.1. The first-order chi connectivity index (χ1) is 14.8. The van der Waals surface area contributed by atoms with Crippen LogP contribution in [-0.4, -0.2) is 74.8 Å². The Bertz CT molecular complexity index is 1030. The van der Waals surface area contributed by atoms with Crippen molar-refractivity contribution in [2.24, 2.45) is 0 Å². The number of carbonyl (C=O) groups is 1. The molecule has 166 valence electrons. The fourth-order valence-corrected chi connectivity index (χ4v) is 4.70. The Balaban J connectivity index is 1.47. The highest BCUT2D eigenvalue weighted by atomic mass is 32.2. The lowest BCUT2D eigenvalue weighted by molar-refractivity contribution is -0.384. The van der Waals surface area contributed by atoms with E-state index in [4.69, 9.17) is 4.74 Å². The molecule has 11 heteroatoms. The first-order valence-electron chi connectivity index (χ1n) is 9.70. The number of nitrogens with one attached hydrogen (secondary N) is 1. The van der Waals surface area contributed by atoms with E-state index in [0.29, 0.717) is 45.0 Å². The fraction of sp³-hybridized carbons (Fsp3) is 0.350. The Kier molecular flexibility index (Phi) is 7.21. The van der Waals surface area contributed by atoms with Gasteiger partial charge in [0.15, 0.2) is 0 Å². The van der Waals surface area contributed by atoms with E-state index in [1.54, 1.807) is 12.1 Å². The average Bonchev–Trinajstić information content (AvgIpc) is 2.79. The molecule has 0 spiro atoms. The lowest BCUT2D eigenvalue weighted by Gasteiger charge is -2.34. The number of benzene rings is 2. The number of piperazine rings is 1. The minimum Gasteiger partial charge on any atom is -0.497 e. The van der Waals surface area contributed by atoms with E-state index >= 15 is 0 Å². The highest BCUT2D eigenvalue weighted by molar-refractivity contribution is 7.89. The van der Waals surface area contributed by atoms with Crippen molar-refractivity contribution < 1.29 is 22.9 Å². The van der Waals surface area contributed by atoms with Gasteiger partial charge in [0, 0.05) is 57.0 Å². The molecule has 0 radical (unpaired) electrons. The lowest BCUT2D eigenvalue weighted by atomic mass is 10.2. The summed E-state index contributed by atoms with van der Waals surface area (Å²) in [5.74, 6) is 0.209. The van der Waals surface area contributed by atoms with E-state index in [2.05, 4.69) is 10.2 Å². The van der Waals surface area contributed by atoms with Crippen molar-refractivity contribution in [2.45, 2.75) is 4.90 Å². The van der Waals surface area contributed by atoms with Gasteiger partial charge in [-0.25, -0.2) is 8.42 Å². The summed E-state index contributed by atoms with van der Waals surface area (Å²) in [6.45, 7) is 2.70. The number of sulfonamides is 1. The second-order valence-electron chi connectivity index (χ2n) is 6.98. The standard InChI is InChI=1S/C20H24N4O6S/c1-30-18-5-7-19(8-6-18)31(28,29)23-13-11-22(12-14-23)10-9-21-20(25)16-3-2-4-17(15-16)24(26)27/h2-8,15H,9-14H2,1H3,(H,21,25). The number of hydrogen-bond acceptors (Lipinski definition) is 7. The van der Waals surface area contributed by atoms with Gasteiger partial charge in [0.1, 0.15) is 5.75 Å². The molecule has 2 aromatic carbocycles. The molecule has 10 nitrogen and oxygen atoms in total. The average molecular weight is 449 g/mol. The van der Waals surface area contributed by atoms with Crippen LogP contribution in [0.4, 0.5) is 5.69 Å². The summed E-state index contributed by atoms with van der Waals surface area (Å²) in [7, 11) is -2.04. The quantitative estimate of drug-likeness (QED) is 0.478. The van der Waals surface area contributed by atoms with E-state index in [1.165, 1.54) is 47.8 Å². The largest absolute Gasteiger partial charge is 0.497 e. The van der Waals surface area contributed by atoms with Gasteiger partial charge in [0.25, 0.3) is 11.6 Å². The molecule has 1 N–H and O–H groups in total. The van der Waals surface area contributed by atoms with Gasteiger partial charge in [-0.05, 0) is 30.3 Å². The zero-order chi connectivity index (χ0) is 22.4. The summed E-state index contributed by atoms with van der Waals surface area (Å²) in [6.07, 6.45) is 0. The van der Waals surface area contributed by atoms with Crippen molar-refractivity contribution in [3.05, 3.63) is 64.2 Å². The molecule has 0 saturated carbocycles. The van der Waals surface area contributed by atoms with Crippen molar-refractivity contribution in [2.75, 3.05) is 46.4 Å². The van der Waals surface area contributed by atoms with Gasteiger partial charge in [0.2, 0.25) is 10.0 Å². The number of carbonyl (C=O) groups excluding carboxylic acids is 1. The van der Waals surface area contributed by atoms with Crippen LogP contribution >= 0.6 is 0 Å². The van der Waals surface area contributed by atoms with Gasteiger partial charge < -0.3 is 10.1 Å². The van der Waals surface area contributed by atoms with Crippen LogP contribution in [0, 0.1) is 10.1 Å². The number of nitrogens with zero attached hydrogens (tertiary/aromatic N) is 3. The zero-order valence-electron chi connectivity index (χ0n) is 17.1. The van der Waals surface area contributed by atoms with Crippen LogP contribution in [0.5, 0.6) is 5.75 Å². The minimum absolute atomic E-state index is 0.137. The van der Waals surface area contributed by atoms with E-state index in [1.807, 2.05) is 0 Å². The van der Waals surface area contributed by atoms with Crippen LogP contribution in [0.15, 0.2) is 53.4 Å². The molecule has 3 rings (SSSR count). The van der Waals surface area contributed by atoms with E-state index in [0.717, 1.165) is 0 Å². The van der Waals surface area contributed by atoms with E-state index in [9.17, 15) is 23.3 Å². The number of rotatable bonds is 8. The molecule has 1 heterocycles. The fourth-order valence-electron chi connectivity index (χ4n) is 3.28. The van der Waals surface area contributed by atoms with Crippen LogP contribution in [0.1, 0.15) is 10.4 Å². The number of amides is 1. The molecule has 2 aromatic rings. The predicted molar refractivity (Wildman–Crippen MR) is 114 cm³/mol. The van der Waals surface area contributed by atoms with Crippen LogP contribution < -0.4 is 10.1 Å². The molecule has 1 aliphatic heterocycles. The Morgan fingerprint density at radius 3 is 2.42 bits per heavy atom. The smallest absolute Gasteiger partial charge is 0.270 e. The van der Waals surface area contributed by atoms with E-state index < -0.39 is 14.9 Å². The predicted octanol–water partition coefficient (Wildman–Crippen LogP) is 1.34. The van der Waals surface area contributed by atoms with Gasteiger partial charge in [0.05, 0.1) is 16.9 Å². The molecule has 0 aromatic heterocycles. The normalized spacial score (nSPS) is 15.4. The summed E-state index contributed by atoms with van der Waals surface area (Å²) >= 11 is 0. The molecule has 1 aliphatic rings. The summed E-state index contributed by atoms with van der Waals surface area (Å²) < 4.78 is 32.1. The molecular formula is C20H24N4O6S. The highest BCUT2D eigenvalue weighted by Crippen LogP contribution is 2.20. The maximum absolute atomic E-state index is 12.8. The Hall–Kier alpha value is -3.02. The molecule has 31 heavy (non-hydrogen) atoms. The summed E-state index contributed by atoms with van der Waals surface area (Å²) in [4.78, 5) is 24.8. The van der Waals surface area contributed by atoms with Crippen molar-refractivity contribution >= 4 is 21.6 Å². The Labute approximate surface area is 180 Å². The molecule has 0 unspecified atom stereocenters. The zero-order valence-corrected chi connectivity index (χ0v) is 17.9. The highest BCUT2D eigenvalue weighted by Gasteiger charge is 2.28.